The van der Waals surface area contributed by atoms with Crippen LogP contribution in [0, 0.1) is 50.4 Å². The van der Waals surface area contributed by atoms with Crippen molar-refractivity contribution >= 4 is 24.3 Å². The van der Waals surface area contributed by atoms with E-state index in [4.69, 9.17) is 30.0 Å². The van der Waals surface area contributed by atoms with Crippen LogP contribution in [-0.4, -0.2) is 81.2 Å². The summed E-state index contributed by atoms with van der Waals surface area (Å²) in [7, 11) is 0. The molecule has 0 saturated carbocycles. The molecule has 0 spiro atoms. The second-order valence-electron chi connectivity index (χ2n) is 20.9. The van der Waals surface area contributed by atoms with Crippen molar-refractivity contribution in [3.63, 3.8) is 0 Å². The second kappa shape index (κ2) is 23.5. The molecule has 6 heterocycles. The molecule has 13 nitrogen and oxygen atoms in total. The molecule has 2 saturated heterocycles. The first-order valence-electron chi connectivity index (χ1n) is 24.8. The summed E-state index contributed by atoms with van der Waals surface area (Å²) in [5.41, 5.74) is 14.5. The van der Waals surface area contributed by atoms with Crippen molar-refractivity contribution in [3.05, 3.63) is 151 Å². The number of amides is 1. The molecule has 0 radical (unpaired) electrons. The van der Waals surface area contributed by atoms with Crippen LogP contribution in [0.25, 0.3) is 22.8 Å². The lowest BCUT2D eigenvalue weighted by molar-refractivity contribution is 0.0605. The number of piperidine rings is 2. The van der Waals surface area contributed by atoms with Gasteiger partial charge >= 0.3 is 5.97 Å². The van der Waals surface area contributed by atoms with Crippen molar-refractivity contribution in [2.45, 2.75) is 124 Å². The fraction of sp³-hybridized carbons (Fsp3) is 0.424. The van der Waals surface area contributed by atoms with Gasteiger partial charge in [0.05, 0.1) is 78.0 Å². The first-order valence-corrected chi connectivity index (χ1v) is 24.8. The zero-order valence-corrected chi connectivity index (χ0v) is 43.6. The summed E-state index contributed by atoms with van der Waals surface area (Å²) >= 11 is 0. The molecule has 4 aliphatic heterocycles. The Bertz CT molecular complexity index is 3000. The van der Waals surface area contributed by atoms with Crippen molar-refractivity contribution in [2.75, 3.05) is 39.4 Å². The maximum absolute atomic E-state index is 13.6. The lowest BCUT2D eigenvalue weighted by Crippen LogP contribution is -2.38. The monoisotopic (exact) mass is 1010 g/mol. The third-order valence-electron chi connectivity index (χ3n) is 14.5. The van der Waals surface area contributed by atoms with Gasteiger partial charge in [-0.25, -0.2) is 14.8 Å². The number of benzene rings is 4. The van der Waals surface area contributed by atoms with Gasteiger partial charge in [0.1, 0.15) is 11.6 Å². The Morgan fingerprint density at radius 2 is 1.05 bits per heavy atom. The summed E-state index contributed by atoms with van der Waals surface area (Å²) in [6.45, 7) is 22.4. The first kappa shape index (κ1) is 55.7. The van der Waals surface area contributed by atoms with E-state index >= 15 is 0 Å². The van der Waals surface area contributed by atoms with Crippen molar-refractivity contribution in [1.82, 2.24) is 30.2 Å². The number of H-pyrrole nitrogens is 2. The molecule has 2 aromatic heterocycles. The minimum Gasteiger partial charge on any atom is -0.478 e. The van der Waals surface area contributed by atoms with Gasteiger partial charge in [0, 0.05) is 40.6 Å². The quantitative estimate of drug-likeness (QED) is 0.125. The van der Waals surface area contributed by atoms with Gasteiger partial charge in [-0.1, -0.05) is 71.5 Å². The standard InChI is InChI=1S/C29H32N4O2.C17H20N2O3.C12H14N2.CH4.ClH/c1-18-13-19(2)24(14-23(18)27-31-25-16-35-17-29(3,4)26(25)32-27)28(34)33-11-9-22(10-12-33)21-7-5-20(15-30)6-8-21;1-9-5-10(2)12(16(20)21)6-11(9)15-18-13-7-22-8-17(3,4)14(13)19-15;13-9-10-1-3-11(4-2-10)12-5-7-14-8-6-12;;/h5-8,13-14,22H,9-12,16-17H2,1-4H3,(H,31,32);5-6H,7-8H2,1-4H3,(H,18,19)(H,20,21);1-4,12,14H,5-8H2;1H4;1H. The number of nitriles is 2. The first-order chi connectivity index (χ1) is 34.0. The summed E-state index contributed by atoms with van der Waals surface area (Å²) in [6, 6.07) is 27.9. The van der Waals surface area contributed by atoms with Crippen molar-refractivity contribution in [1.29, 1.82) is 10.5 Å². The maximum atomic E-state index is 13.6. The summed E-state index contributed by atoms with van der Waals surface area (Å²) < 4.78 is 11.4. The Labute approximate surface area is 437 Å². The van der Waals surface area contributed by atoms with Crippen LogP contribution in [-0.2, 0) is 33.5 Å². The number of likely N-dealkylation sites (tertiary alicyclic amines) is 1. The van der Waals surface area contributed by atoms with Crippen LogP contribution < -0.4 is 5.32 Å². The van der Waals surface area contributed by atoms with Crippen LogP contribution in [0.1, 0.15) is 161 Å². The number of aromatic nitrogens is 4. The number of nitrogens with zero attached hydrogens (tertiary/aromatic N) is 5. The van der Waals surface area contributed by atoms with Gasteiger partial charge in [-0.3, -0.25) is 4.79 Å². The molecule has 73 heavy (non-hydrogen) atoms. The number of imidazole rings is 2. The largest absolute Gasteiger partial charge is 0.478 e. The molecule has 6 aromatic rings. The van der Waals surface area contributed by atoms with Crippen LogP contribution >= 0.6 is 12.4 Å². The number of aryl methyl sites for hydroxylation is 4. The van der Waals surface area contributed by atoms with Gasteiger partial charge in [-0.15, -0.1) is 12.4 Å². The highest BCUT2D eigenvalue weighted by atomic mass is 35.5. The average molecular weight is 1010 g/mol. The highest BCUT2D eigenvalue weighted by Gasteiger charge is 2.34. The highest BCUT2D eigenvalue weighted by Crippen LogP contribution is 2.37. The smallest absolute Gasteiger partial charge is 0.335 e. The van der Waals surface area contributed by atoms with E-state index in [1.165, 1.54) is 24.0 Å². The number of aromatic carboxylic acids is 1. The zero-order chi connectivity index (χ0) is 50.6. The van der Waals surface area contributed by atoms with Crippen LogP contribution in [0.15, 0.2) is 72.8 Å². The Balaban J connectivity index is 0.000000195. The molecule has 4 aromatic carbocycles. The molecule has 0 aliphatic carbocycles. The molecule has 10 rings (SSSR count). The Kier molecular flexibility index (Phi) is 17.9. The van der Waals surface area contributed by atoms with E-state index in [9.17, 15) is 14.7 Å². The molecule has 2 fully saturated rings. The van der Waals surface area contributed by atoms with E-state index < -0.39 is 5.97 Å². The number of hydrogen-bond acceptors (Lipinski definition) is 9. The van der Waals surface area contributed by atoms with Crippen LogP contribution in [0.5, 0.6) is 0 Å². The molecule has 4 aliphatic rings. The van der Waals surface area contributed by atoms with Gasteiger partial charge in [-0.05, 0) is 148 Å². The molecule has 14 heteroatoms. The lowest BCUT2D eigenvalue weighted by Gasteiger charge is -2.32. The third-order valence-corrected chi connectivity index (χ3v) is 14.5. The highest BCUT2D eigenvalue weighted by molar-refractivity contribution is 5.97. The molecular weight excluding hydrogens is 936 g/mol. The summed E-state index contributed by atoms with van der Waals surface area (Å²) in [5, 5.41) is 30.4. The molecule has 0 bridgehead atoms. The number of rotatable bonds is 6. The van der Waals surface area contributed by atoms with Gasteiger partial charge < -0.3 is 34.8 Å². The predicted molar refractivity (Wildman–Crippen MR) is 288 cm³/mol. The van der Waals surface area contributed by atoms with E-state index in [0.29, 0.717) is 55.2 Å². The molecule has 0 unspecified atom stereocenters. The molecule has 1 amide bonds. The molecule has 384 valence electrons. The Morgan fingerprint density at radius 3 is 1.47 bits per heavy atom. The Hall–Kier alpha value is -6.61. The minimum atomic E-state index is -0.918. The summed E-state index contributed by atoms with van der Waals surface area (Å²) in [4.78, 5) is 43.4. The number of carboxylic acid groups (broad SMARTS) is 1. The second-order valence-corrected chi connectivity index (χ2v) is 20.9. The van der Waals surface area contributed by atoms with Crippen molar-refractivity contribution in [3.8, 4) is 34.9 Å². The fourth-order valence-corrected chi connectivity index (χ4v) is 10.4. The van der Waals surface area contributed by atoms with Gasteiger partial charge in [-0.2, -0.15) is 10.5 Å². The topological polar surface area (TPSA) is 193 Å². The van der Waals surface area contributed by atoms with Crippen LogP contribution in [0.2, 0.25) is 0 Å². The fourth-order valence-electron chi connectivity index (χ4n) is 10.4. The number of nitrogens with one attached hydrogen (secondary N) is 3. The van der Waals surface area contributed by atoms with Gasteiger partial charge in [0.2, 0.25) is 0 Å². The molecular formula is C59H71ClN8O5. The van der Waals surface area contributed by atoms with Gasteiger partial charge in [0.15, 0.2) is 0 Å². The number of halogens is 1. The maximum Gasteiger partial charge on any atom is 0.335 e. The van der Waals surface area contributed by atoms with E-state index in [2.05, 4.69) is 80.2 Å². The van der Waals surface area contributed by atoms with Crippen molar-refractivity contribution < 1.29 is 24.2 Å². The van der Waals surface area contributed by atoms with E-state index in [1.54, 1.807) is 6.07 Å². The summed E-state index contributed by atoms with van der Waals surface area (Å²) in [6.07, 6.45) is 4.28. The van der Waals surface area contributed by atoms with E-state index in [0.717, 1.165) is 112 Å². The normalized spacial score (nSPS) is 16.8. The summed E-state index contributed by atoms with van der Waals surface area (Å²) in [5.74, 6) is 1.79. The van der Waals surface area contributed by atoms with E-state index in [1.807, 2.05) is 74.2 Å². The third kappa shape index (κ3) is 12.4. The van der Waals surface area contributed by atoms with Gasteiger partial charge in [0.25, 0.3) is 5.91 Å². The number of aromatic amines is 2. The van der Waals surface area contributed by atoms with Crippen LogP contribution in [0.4, 0.5) is 0 Å². The minimum absolute atomic E-state index is 0. The van der Waals surface area contributed by atoms with Crippen molar-refractivity contribution in [2.24, 2.45) is 0 Å². The molecule has 4 N–H and O–H groups in total. The number of carboxylic acids is 1. The average Bonchev–Trinajstić information content (AvgIpc) is 4.02. The molecule has 0 atom stereocenters. The Morgan fingerprint density at radius 1 is 0.644 bits per heavy atom. The zero-order valence-electron chi connectivity index (χ0n) is 42.8. The van der Waals surface area contributed by atoms with Crippen LogP contribution in [0.3, 0.4) is 0 Å². The lowest BCUT2D eigenvalue weighted by atomic mass is 9.87. The predicted octanol–water partition coefficient (Wildman–Crippen LogP) is 11.7. The SMILES string of the molecule is C.Cc1cc(C)c(-c2nc3c([nH]2)COCC3(C)C)cc1C(=O)N1CCC(c2ccc(C#N)cc2)CC1.Cc1cc(C)c(-c2nc3c([nH]2)COCC3(C)C)cc1C(=O)O.Cl.N#Cc1ccc(C2CCNCC2)cc1. The number of ether oxygens (including phenoxy) is 2. The number of hydrogen-bond donors (Lipinski definition) is 4. The number of fused-ring (bicyclic) bond motifs is 2. The van der Waals surface area contributed by atoms with E-state index in [-0.39, 0.29) is 36.6 Å². The number of carbonyl (C=O) groups excluding carboxylic acids is 1. The number of carbonyl (C=O) groups is 2.